The number of benzene rings is 4. The van der Waals surface area contributed by atoms with Gasteiger partial charge in [0.2, 0.25) is 0 Å². The zero-order valence-electron chi connectivity index (χ0n) is 22.0. The molecule has 8 rings (SSSR count). The summed E-state index contributed by atoms with van der Waals surface area (Å²) in [5.41, 5.74) is 9.54. The molecule has 0 fully saturated rings. The Labute approximate surface area is 224 Å². The minimum Gasteiger partial charge on any atom is -0.486 e. The lowest BCUT2D eigenvalue weighted by Crippen LogP contribution is -2.06. The summed E-state index contributed by atoms with van der Waals surface area (Å²) in [6, 6.07) is 17.5. The smallest absolute Gasteiger partial charge is 0.155 e. The summed E-state index contributed by atoms with van der Waals surface area (Å²) < 4.78 is 6.33. The number of hydrogen-bond acceptors (Lipinski definition) is 5. The average molecular weight is 511 g/mol. The summed E-state index contributed by atoms with van der Waals surface area (Å²) in [6.45, 7) is 6.89. The van der Waals surface area contributed by atoms with E-state index < -0.39 is 0 Å². The van der Waals surface area contributed by atoms with Crippen molar-refractivity contribution in [2.24, 2.45) is 0 Å². The number of imidazole rings is 2. The number of nitrogens with one attached hydrogen (secondary N) is 2. The van der Waals surface area contributed by atoms with E-state index in [9.17, 15) is 0 Å². The third-order valence-electron chi connectivity index (χ3n) is 7.88. The van der Waals surface area contributed by atoms with Crippen LogP contribution in [0.3, 0.4) is 0 Å². The Kier molecular flexibility index (Phi) is 4.62. The van der Waals surface area contributed by atoms with E-state index in [0.29, 0.717) is 12.5 Å². The first-order valence-electron chi connectivity index (χ1n) is 13.4. The molecule has 7 aromatic rings. The van der Waals surface area contributed by atoms with Crippen molar-refractivity contribution in [2.75, 3.05) is 0 Å². The fraction of sp³-hybridized carbons (Fsp3) is 0.188. The monoisotopic (exact) mass is 510 g/mol. The van der Waals surface area contributed by atoms with Crippen LogP contribution in [0.25, 0.3) is 65.9 Å². The van der Waals surface area contributed by atoms with Crippen LogP contribution in [0.2, 0.25) is 0 Å². The second kappa shape index (κ2) is 8.11. The van der Waals surface area contributed by atoms with Crippen molar-refractivity contribution in [3.05, 3.63) is 78.1 Å². The second-order valence-corrected chi connectivity index (χ2v) is 10.6. The van der Waals surface area contributed by atoms with E-state index >= 15 is 0 Å². The van der Waals surface area contributed by atoms with Gasteiger partial charge in [-0.15, -0.1) is 0 Å². The first kappa shape index (κ1) is 22.2. The van der Waals surface area contributed by atoms with Gasteiger partial charge in [-0.05, 0) is 51.9 Å². The number of aromatic amines is 2. The third kappa shape index (κ3) is 3.22. The van der Waals surface area contributed by atoms with Gasteiger partial charge in [0, 0.05) is 40.3 Å². The fourth-order valence-corrected chi connectivity index (χ4v) is 5.84. The van der Waals surface area contributed by atoms with E-state index in [4.69, 9.17) is 19.7 Å². The number of aryl methyl sites for hydroxylation is 1. The summed E-state index contributed by atoms with van der Waals surface area (Å²) in [5, 5.41) is 11.6. The minimum atomic E-state index is 0.329. The SMILES string of the molecule is CCc1nc2c3ccc(-c4ccc5c(c4)COc4c-5ccc5[nH]c(C(C)C)nc45)cc3c3c[nH]ncc3c2n1. The van der Waals surface area contributed by atoms with Crippen LogP contribution in [-0.4, -0.2) is 30.1 Å². The molecule has 0 bridgehead atoms. The van der Waals surface area contributed by atoms with Gasteiger partial charge in [0.1, 0.15) is 29.3 Å². The molecule has 0 spiro atoms. The van der Waals surface area contributed by atoms with Crippen molar-refractivity contribution >= 4 is 43.6 Å². The number of nitrogens with zero attached hydrogens (tertiary/aromatic N) is 4. The van der Waals surface area contributed by atoms with Crippen molar-refractivity contribution in [1.82, 2.24) is 30.1 Å². The second-order valence-electron chi connectivity index (χ2n) is 10.6. The Morgan fingerprint density at radius 2 is 1.62 bits per heavy atom. The van der Waals surface area contributed by atoms with Crippen LogP contribution < -0.4 is 4.74 Å². The van der Waals surface area contributed by atoms with Crippen molar-refractivity contribution in [3.63, 3.8) is 0 Å². The highest BCUT2D eigenvalue weighted by molar-refractivity contribution is 6.23. The van der Waals surface area contributed by atoms with Gasteiger partial charge in [-0.1, -0.05) is 45.0 Å². The average Bonchev–Trinajstić information content (AvgIpc) is 3.62. The lowest BCUT2D eigenvalue weighted by atomic mass is 9.91. The predicted molar refractivity (Wildman–Crippen MR) is 155 cm³/mol. The fourth-order valence-electron chi connectivity index (χ4n) is 5.84. The number of ether oxygens (including phenoxy) is 1. The molecule has 7 nitrogen and oxygen atoms in total. The molecule has 3 aromatic heterocycles. The van der Waals surface area contributed by atoms with E-state index in [1.54, 1.807) is 0 Å². The molecule has 0 atom stereocenters. The highest BCUT2D eigenvalue weighted by atomic mass is 16.5. The van der Waals surface area contributed by atoms with Crippen LogP contribution in [0.1, 0.15) is 43.9 Å². The van der Waals surface area contributed by atoms with Crippen LogP contribution in [0, 0.1) is 0 Å². The van der Waals surface area contributed by atoms with E-state index in [1.807, 2.05) is 12.4 Å². The van der Waals surface area contributed by atoms with Crippen LogP contribution in [-0.2, 0) is 13.0 Å². The molecule has 0 saturated carbocycles. The lowest BCUT2D eigenvalue weighted by Gasteiger charge is -2.22. The summed E-state index contributed by atoms with van der Waals surface area (Å²) >= 11 is 0. The maximum atomic E-state index is 6.33. The van der Waals surface area contributed by atoms with Gasteiger partial charge in [-0.2, -0.15) is 5.10 Å². The van der Waals surface area contributed by atoms with E-state index in [-0.39, 0.29) is 0 Å². The summed E-state index contributed by atoms with van der Waals surface area (Å²) in [6.07, 6.45) is 4.61. The molecule has 1 aliphatic heterocycles. The molecule has 0 unspecified atom stereocenters. The number of rotatable bonds is 3. The van der Waals surface area contributed by atoms with Gasteiger partial charge in [-0.3, -0.25) is 5.10 Å². The van der Waals surface area contributed by atoms with Gasteiger partial charge in [0.05, 0.1) is 17.2 Å². The topological polar surface area (TPSA) is 92.4 Å². The molecular weight excluding hydrogens is 484 g/mol. The molecule has 0 amide bonds. The van der Waals surface area contributed by atoms with Crippen LogP contribution >= 0.6 is 0 Å². The Balaban J connectivity index is 1.27. The molecule has 4 heterocycles. The predicted octanol–water partition coefficient (Wildman–Crippen LogP) is 7.45. The molecule has 7 heteroatoms. The van der Waals surface area contributed by atoms with Gasteiger partial charge in [0.25, 0.3) is 0 Å². The Hall–Kier alpha value is -4.78. The van der Waals surface area contributed by atoms with Crippen molar-refractivity contribution in [3.8, 4) is 28.0 Å². The van der Waals surface area contributed by atoms with E-state index in [1.165, 1.54) is 11.1 Å². The lowest BCUT2D eigenvalue weighted by molar-refractivity contribution is 0.305. The zero-order chi connectivity index (χ0) is 26.2. The Bertz CT molecular complexity index is 2100. The molecule has 0 saturated heterocycles. The van der Waals surface area contributed by atoms with Gasteiger partial charge >= 0.3 is 0 Å². The van der Waals surface area contributed by atoms with Crippen molar-refractivity contribution in [1.29, 1.82) is 0 Å². The molecule has 0 radical (unpaired) electrons. The maximum absolute atomic E-state index is 6.33. The largest absolute Gasteiger partial charge is 0.486 e. The molecular formula is C32H26N6O. The highest BCUT2D eigenvalue weighted by Gasteiger charge is 2.23. The standard InChI is InChI=1S/C32H26N6O/c1-4-27-36-28-21-8-6-18(12-23(21)24-13-33-34-14-25(24)29(28)37-27)17-5-7-20-19(11-17)15-39-31-22(20)9-10-26-30(31)38-32(35-26)16(2)3/h5-14,16,33H,4,15H2,1-3H3,(H,35,38). The van der Waals surface area contributed by atoms with Crippen molar-refractivity contribution < 1.29 is 4.74 Å². The zero-order valence-corrected chi connectivity index (χ0v) is 22.0. The van der Waals surface area contributed by atoms with Gasteiger partial charge in [0.15, 0.2) is 5.75 Å². The number of fused-ring (bicyclic) bond motifs is 11. The van der Waals surface area contributed by atoms with E-state index in [0.717, 1.165) is 84.1 Å². The minimum absolute atomic E-state index is 0.329. The summed E-state index contributed by atoms with van der Waals surface area (Å²) in [7, 11) is 0. The highest BCUT2D eigenvalue weighted by Crippen LogP contribution is 2.43. The quantitative estimate of drug-likeness (QED) is 0.241. The van der Waals surface area contributed by atoms with Gasteiger partial charge < -0.3 is 9.72 Å². The molecule has 1 aliphatic rings. The van der Waals surface area contributed by atoms with Crippen molar-refractivity contribution in [2.45, 2.75) is 39.7 Å². The summed E-state index contributed by atoms with van der Waals surface area (Å²) in [5.74, 6) is 3.04. The first-order valence-corrected chi connectivity index (χ1v) is 13.4. The van der Waals surface area contributed by atoms with Gasteiger partial charge in [-0.25, -0.2) is 15.0 Å². The van der Waals surface area contributed by atoms with Crippen LogP contribution in [0.15, 0.2) is 60.9 Å². The molecule has 190 valence electrons. The Morgan fingerprint density at radius 1 is 0.821 bits per heavy atom. The summed E-state index contributed by atoms with van der Waals surface area (Å²) in [4.78, 5) is 17.9. The molecule has 0 aliphatic carbocycles. The maximum Gasteiger partial charge on any atom is 0.155 e. The number of hydrogen-bond donors (Lipinski definition) is 2. The number of H-pyrrole nitrogens is 2. The molecule has 39 heavy (non-hydrogen) atoms. The number of aromatic nitrogens is 6. The Morgan fingerprint density at radius 3 is 2.46 bits per heavy atom. The molecule has 2 N–H and O–H groups in total. The molecule has 4 aromatic carbocycles. The van der Waals surface area contributed by atoms with Crippen LogP contribution in [0.4, 0.5) is 0 Å². The van der Waals surface area contributed by atoms with E-state index in [2.05, 4.69) is 84.5 Å². The first-order chi connectivity index (χ1) is 19.1. The third-order valence-corrected chi connectivity index (χ3v) is 7.88. The normalized spacial score (nSPS) is 12.9. The van der Waals surface area contributed by atoms with Crippen LogP contribution in [0.5, 0.6) is 5.75 Å².